The van der Waals surface area contributed by atoms with E-state index >= 15 is 0 Å². The van der Waals surface area contributed by atoms with E-state index in [1.165, 1.54) is 47.7 Å². The van der Waals surface area contributed by atoms with Gasteiger partial charge in [0.2, 0.25) is 0 Å². The Morgan fingerprint density at radius 3 is 1.13 bits per heavy atom. The number of aromatic hydroxyl groups is 2. The quantitative estimate of drug-likeness (QED) is 0.0151. The van der Waals surface area contributed by atoms with Crippen molar-refractivity contribution in [1.29, 1.82) is 0 Å². The van der Waals surface area contributed by atoms with Crippen LogP contribution in [-0.4, -0.2) is 96.9 Å². The van der Waals surface area contributed by atoms with Gasteiger partial charge in [0.25, 0.3) is 17.1 Å². The van der Waals surface area contributed by atoms with Crippen molar-refractivity contribution in [2.75, 3.05) is 5.73 Å². The van der Waals surface area contributed by atoms with Crippen LogP contribution in [0.1, 0.15) is 128 Å². The van der Waals surface area contributed by atoms with E-state index in [9.17, 15) is 56.7 Å². The molecule has 3 saturated heterocycles. The van der Waals surface area contributed by atoms with Crippen LogP contribution in [0, 0.1) is 92.2 Å². The van der Waals surface area contributed by atoms with Gasteiger partial charge < -0.3 is 53.9 Å². The number of anilines is 1. The molecule has 0 unspecified atom stereocenters. The number of nitrogen functional groups attached to an aromatic ring is 1. The molecule has 0 bridgehead atoms. The van der Waals surface area contributed by atoms with E-state index in [0.717, 1.165) is 72.7 Å². The Balaban J connectivity index is 0.000000431. The molecule has 6 N–H and O–H groups in total. The largest absolute Gasteiger partial charge is 0.506 e. The molecule has 0 spiro atoms. The molecule has 606 valence electrons. The van der Waals surface area contributed by atoms with Crippen molar-refractivity contribution in [2.24, 2.45) is 0 Å². The van der Waals surface area contributed by atoms with E-state index in [1.807, 2.05) is 142 Å². The zero-order chi connectivity index (χ0) is 85.2. The second-order valence-electron chi connectivity index (χ2n) is 27.9. The van der Waals surface area contributed by atoms with Gasteiger partial charge in [-0.25, -0.2) is 0 Å². The summed E-state index contributed by atoms with van der Waals surface area (Å²) in [5, 5.41) is 67.9. The summed E-state index contributed by atoms with van der Waals surface area (Å²) >= 11 is 25.8. The molecule has 8 aromatic rings. The number of nitrogens with two attached hydrogens (primary N) is 1. The van der Waals surface area contributed by atoms with Crippen LogP contribution in [0.15, 0.2) is 146 Å². The number of rotatable bonds is 6. The molecule has 0 atom stereocenters. The number of nitro groups is 3. The van der Waals surface area contributed by atoms with Crippen LogP contribution in [0.5, 0.6) is 11.5 Å². The number of non-ortho nitro benzene ring substituents is 3. The number of nitrogens with zero attached hydrogens (tertiary/aromatic N) is 3. The predicted octanol–water partition coefficient (Wildman–Crippen LogP) is 20.5. The van der Waals surface area contributed by atoms with E-state index in [4.69, 9.17) is 88.7 Å². The van der Waals surface area contributed by atoms with Gasteiger partial charge in [-0.2, -0.15) is 56.2 Å². The number of nitro benzene ring substituents is 3. The molecular weight excluding hydrogens is 2160 g/mol. The van der Waals surface area contributed by atoms with Crippen molar-refractivity contribution < 1.29 is 110 Å². The summed E-state index contributed by atoms with van der Waals surface area (Å²) in [5.74, 6) is -0.122. The van der Waals surface area contributed by atoms with Gasteiger partial charge in [0.05, 0.1) is 76.3 Å². The molecule has 11 rings (SSSR count). The average Bonchev–Trinajstić information content (AvgIpc) is 1.60. The first-order valence-corrected chi connectivity index (χ1v) is 38.6. The minimum atomic E-state index is -4.46. The van der Waals surface area contributed by atoms with E-state index < -0.39 is 54.5 Å². The minimum absolute atomic E-state index is 0. The average molecular weight is 2240 g/mol. The van der Waals surface area contributed by atoms with Crippen molar-refractivity contribution in [1.82, 2.24) is 0 Å². The topological polar surface area (TPSA) is 292 Å². The zero-order valence-electron chi connectivity index (χ0n) is 64.1. The van der Waals surface area contributed by atoms with Crippen molar-refractivity contribution in [3.63, 3.8) is 0 Å². The van der Waals surface area contributed by atoms with E-state index in [0.29, 0.717) is 16.6 Å². The minimum Gasteiger partial charge on any atom is -0.506 e. The third-order valence-electron chi connectivity index (χ3n) is 17.6. The number of aryl methyl sites for hydroxylation is 6. The maximum atomic E-state index is 12.2. The maximum Gasteiger partial charge on any atom is 0.494 e. The molecule has 0 saturated carbocycles. The predicted molar refractivity (Wildman–Crippen MR) is 460 cm³/mol. The molecule has 38 heteroatoms. The number of alkyl halides is 6. The number of halogens is 13. The first kappa shape index (κ1) is 103. The van der Waals surface area contributed by atoms with Gasteiger partial charge in [-0.05, 0) is 320 Å². The van der Waals surface area contributed by atoms with E-state index in [-0.39, 0.29) is 112 Å². The summed E-state index contributed by atoms with van der Waals surface area (Å²) in [7, 11) is -2.63. The molecule has 0 radical (unpaired) electrons. The SMILES string of the molecule is CC1(C)OB(B2OC(C)(C)C(C)(C)O2)OC1(C)C.Cc1[c-]ccc(B(O)O)c1.Cc1cc(B2OC(C)(C)C(C)(C)O2)ccc1Cl.Cc1cc(I)ccc1C(F)(F)F.Cc1cc(I)ccc1Cl.Cc1cc([N+](=O)[O-])ccc1C(F)(F)F.Cc1cc([N+](=O)[O-])ccc1I.Nc1ccc([N+](=O)[O-])cc1O.Oc1cc(I)ccc1Cl.[W]. The summed E-state index contributed by atoms with van der Waals surface area (Å²) < 4.78 is 113. The van der Waals surface area contributed by atoms with Crippen LogP contribution >= 0.6 is 125 Å². The number of hydrogen-bond acceptors (Lipinski definition) is 17. The van der Waals surface area contributed by atoms with Crippen molar-refractivity contribution in [2.45, 2.75) is 171 Å². The van der Waals surface area contributed by atoms with E-state index in [2.05, 4.69) is 108 Å². The molecule has 8 aromatic carbocycles. The Bertz CT molecular complexity index is 4340. The van der Waals surface area contributed by atoms with Crippen molar-refractivity contribution >= 4 is 187 Å². The summed E-state index contributed by atoms with van der Waals surface area (Å²) in [6.07, 6.45) is -8.69. The molecule has 3 heterocycles. The van der Waals surface area contributed by atoms with Gasteiger partial charge in [-0.1, -0.05) is 53.9 Å². The molecule has 0 amide bonds. The normalized spacial score (nSPS) is 15.4. The molecule has 0 aromatic heterocycles. The molecule has 20 nitrogen and oxygen atoms in total. The van der Waals surface area contributed by atoms with Crippen LogP contribution in [0.2, 0.25) is 15.1 Å². The second-order valence-corrected chi connectivity index (χ2v) is 34.0. The standard InChI is InChI=1S/C13H18BClO2.C12H24B2O4.C8H6F3I.C8H6F3NO2.C7H8BO2.C7H6ClI.C7H6INO2.C6H4ClIO.C6H6N2O3.W/c1-9-8-10(6-7-11(9)15)14-16-12(2,3)13(4,5)17-14;1-9(2)10(3,4)16-13(15-9)14-17-11(5,6)12(7,8)18-14;1-5-4-6(12)2-3-7(5)8(9,10)11;1-5-4-6(12(13)14)2-3-7(5)8(9,10)11;1-6-3-2-4-7(5-6)8(9)10;1-5-4-6(9)2-3-7(5)8;1-5-4-6(9(10)11)2-3-7(5)8;7-5-2-1-4(8)3-6(5)9;7-5-2-1-4(8(10)11)3-6(5)9;/h6-8H,1-5H3;1-8H3;2-4H,1H3;2-4H,1H3;2,4-5,9-10H,1H3;2-4H,1H3;2-4H,1H3;1-3,9H;1-3,9H,7H2;/q;;;;-1;;;;;. The molecule has 3 aliphatic rings. The van der Waals surface area contributed by atoms with Crippen LogP contribution in [0.3, 0.4) is 0 Å². The Morgan fingerprint density at radius 2 is 0.795 bits per heavy atom. The Labute approximate surface area is 733 Å². The summed E-state index contributed by atoms with van der Waals surface area (Å²) in [4.78, 5) is 28.9. The third-order valence-corrected chi connectivity index (χ3v) is 22.0. The van der Waals surface area contributed by atoms with Gasteiger partial charge >= 0.3 is 40.6 Å². The fourth-order valence-corrected chi connectivity index (χ4v) is 11.5. The zero-order valence-corrected chi connectivity index (χ0v) is 77.9. The fourth-order valence-electron chi connectivity index (χ4n) is 9.07. The fraction of sp³-hybridized carbons (Fsp3) is 0.351. The molecule has 3 aliphatic heterocycles. The number of hydrogen-bond donors (Lipinski definition) is 5. The van der Waals surface area contributed by atoms with Crippen molar-refractivity contribution in [3.8, 4) is 11.5 Å². The molecular formula is C74H84B4Cl3F6I4N4O16W-. The molecule has 0 aliphatic carbocycles. The summed E-state index contributed by atoms with van der Waals surface area (Å²) in [6, 6.07) is 39.7. The van der Waals surface area contributed by atoms with Gasteiger partial charge in [-0.15, -0.1) is 5.46 Å². The smallest absolute Gasteiger partial charge is 0.494 e. The van der Waals surface area contributed by atoms with E-state index in [1.54, 1.807) is 42.5 Å². The Hall–Kier alpha value is -4.64. The first-order chi connectivity index (χ1) is 50.7. The van der Waals surface area contributed by atoms with Crippen LogP contribution in [-0.2, 0) is 61.3 Å². The van der Waals surface area contributed by atoms with Crippen molar-refractivity contribution in [3.05, 3.63) is 256 Å². The van der Waals surface area contributed by atoms with Gasteiger partial charge in [-0.3, -0.25) is 30.3 Å². The third kappa shape index (κ3) is 32.0. The van der Waals surface area contributed by atoms with Crippen LogP contribution in [0.4, 0.5) is 49.1 Å². The monoisotopic (exact) mass is 2240 g/mol. The number of phenolic OH excluding ortho intramolecular Hbond substituents is 2. The molecule has 3 fully saturated rings. The van der Waals surface area contributed by atoms with Gasteiger partial charge in [0, 0.05) is 75.7 Å². The first-order valence-electron chi connectivity index (χ1n) is 33.2. The van der Waals surface area contributed by atoms with Gasteiger partial charge in [0.15, 0.2) is 0 Å². The second kappa shape index (κ2) is 43.7. The summed E-state index contributed by atoms with van der Waals surface area (Å²) in [5.41, 5.74) is 7.25. The Kier molecular flexibility index (Phi) is 40.4. The number of phenols is 2. The summed E-state index contributed by atoms with van der Waals surface area (Å²) in [6.45, 7) is 34.8. The van der Waals surface area contributed by atoms with Gasteiger partial charge in [0.1, 0.15) is 11.5 Å². The number of benzene rings is 8. The molecule has 112 heavy (non-hydrogen) atoms. The Morgan fingerprint density at radius 1 is 0.446 bits per heavy atom. The van der Waals surface area contributed by atoms with Crippen LogP contribution < -0.4 is 16.7 Å². The van der Waals surface area contributed by atoms with Crippen LogP contribution in [0.25, 0.3) is 0 Å². The maximum absolute atomic E-state index is 12.2.